The highest BCUT2D eigenvalue weighted by molar-refractivity contribution is 5.76. The van der Waals surface area contributed by atoms with Crippen molar-refractivity contribution in [3.05, 3.63) is 42.2 Å². The van der Waals surface area contributed by atoms with Crippen molar-refractivity contribution >= 4 is 5.91 Å². The van der Waals surface area contributed by atoms with Gasteiger partial charge >= 0.3 is 0 Å². The lowest BCUT2D eigenvalue weighted by Crippen LogP contribution is -2.25. The lowest BCUT2D eigenvalue weighted by Gasteiger charge is -2.06. The number of hydrogen-bond acceptors (Lipinski definition) is 3. The normalized spacial score (nSPS) is 10.9. The van der Waals surface area contributed by atoms with Gasteiger partial charge in [-0.2, -0.15) is 0 Å². The van der Waals surface area contributed by atoms with E-state index in [2.05, 4.69) is 24.1 Å². The maximum atomic E-state index is 12.9. The Kier molecular flexibility index (Phi) is 5.69. The molecule has 118 valence electrons. The average molecular weight is 304 g/mol. The highest BCUT2D eigenvalue weighted by Crippen LogP contribution is 2.21. The molecule has 0 aliphatic carbocycles. The zero-order valence-corrected chi connectivity index (χ0v) is 12.9. The summed E-state index contributed by atoms with van der Waals surface area (Å²) < 4.78 is 18.5. The van der Waals surface area contributed by atoms with Crippen molar-refractivity contribution in [2.75, 3.05) is 6.54 Å². The van der Waals surface area contributed by atoms with Gasteiger partial charge in [0.2, 0.25) is 5.91 Å². The van der Waals surface area contributed by atoms with Crippen LogP contribution in [0.4, 0.5) is 4.39 Å². The van der Waals surface area contributed by atoms with Crippen LogP contribution in [0.15, 0.2) is 34.9 Å². The first-order valence-electron chi connectivity index (χ1n) is 7.52. The zero-order chi connectivity index (χ0) is 15.9. The van der Waals surface area contributed by atoms with E-state index < -0.39 is 0 Å². The third-order valence-corrected chi connectivity index (χ3v) is 3.29. The molecule has 4 nitrogen and oxygen atoms in total. The van der Waals surface area contributed by atoms with Crippen LogP contribution in [-0.2, 0) is 11.2 Å². The minimum atomic E-state index is -0.290. The van der Waals surface area contributed by atoms with Gasteiger partial charge in [-0.1, -0.05) is 13.8 Å². The van der Waals surface area contributed by atoms with Gasteiger partial charge in [-0.25, -0.2) is 9.37 Å². The van der Waals surface area contributed by atoms with Gasteiger partial charge in [0.05, 0.1) is 6.20 Å². The average Bonchev–Trinajstić information content (AvgIpc) is 2.94. The van der Waals surface area contributed by atoms with Crippen LogP contribution >= 0.6 is 0 Å². The number of oxazole rings is 1. The monoisotopic (exact) mass is 304 g/mol. The highest BCUT2D eigenvalue weighted by Gasteiger charge is 2.09. The van der Waals surface area contributed by atoms with Crippen LogP contribution in [0.3, 0.4) is 0 Å². The van der Waals surface area contributed by atoms with E-state index in [0.717, 1.165) is 12.0 Å². The largest absolute Gasteiger partial charge is 0.441 e. The molecule has 1 amide bonds. The zero-order valence-electron chi connectivity index (χ0n) is 12.9. The third kappa shape index (κ3) is 4.98. The number of nitrogens with zero attached hydrogens (tertiary/aromatic N) is 1. The van der Waals surface area contributed by atoms with Crippen LogP contribution in [0.2, 0.25) is 0 Å². The van der Waals surface area contributed by atoms with Crippen molar-refractivity contribution in [1.82, 2.24) is 10.3 Å². The van der Waals surface area contributed by atoms with Gasteiger partial charge in [0.25, 0.3) is 0 Å². The van der Waals surface area contributed by atoms with Gasteiger partial charge in [0, 0.05) is 24.9 Å². The van der Waals surface area contributed by atoms with Crippen molar-refractivity contribution in [3.8, 4) is 11.3 Å². The molecular weight excluding hydrogens is 283 g/mol. The Morgan fingerprint density at radius 2 is 2.05 bits per heavy atom. The van der Waals surface area contributed by atoms with Crippen molar-refractivity contribution in [2.45, 2.75) is 33.1 Å². The van der Waals surface area contributed by atoms with E-state index >= 15 is 0 Å². The third-order valence-electron chi connectivity index (χ3n) is 3.29. The molecule has 5 heteroatoms. The first kappa shape index (κ1) is 16.2. The summed E-state index contributed by atoms with van der Waals surface area (Å²) in [5.41, 5.74) is 0.765. The van der Waals surface area contributed by atoms with E-state index in [1.54, 1.807) is 18.3 Å². The van der Waals surface area contributed by atoms with Gasteiger partial charge in [-0.05, 0) is 36.6 Å². The Hall–Kier alpha value is -2.17. The van der Waals surface area contributed by atoms with Gasteiger partial charge in [-0.3, -0.25) is 4.79 Å². The standard InChI is InChI=1S/C17H21FN2O2/c1-12(2)9-10-19-16(21)7-8-17-20-11-15(22-17)13-3-5-14(18)6-4-13/h3-6,11-12H,7-10H2,1-2H3,(H,19,21). The molecule has 2 aromatic rings. The Morgan fingerprint density at radius 1 is 1.32 bits per heavy atom. The van der Waals surface area contributed by atoms with E-state index in [4.69, 9.17) is 4.42 Å². The first-order valence-corrected chi connectivity index (χ1v) is 7.52. The minimum Gasteiger partial charge on any atom is -0.441 e. The number of aryl methyl sites for hydroxylation is 1. The summed E-state index contributed by atoms with van der Waals surface area (Å²) in [6.45, 7) is 4.94. The van der Waals surface area contributed by atoms with E-state index in [1.807, 2.05) is 0 Å². The molecular formula is C17H21FN2O2. The topological polar surface area (TPSA) is 55.1 Å². The number of carbonyl (C=O) groups is 1. The summed E-state index contributed by atoms with van der Waals surface area (Å²) >= 11 is 0. The van der Waals surface area contributed by atoms with Crippen LogP contribution in [0.5, 0.6) is 0 Å². The smallest absolute Gasteiger partial charge is 0.220 e. The number of amides is 1. The molecule has 0 radical (unpaired) electrons. The summed E-state index contributed by atoms with van der Waals surface area (Å²) in [7, 11) is 0. The molecule has 0 saturated heterocycles. The summed E-state index contributed by atoms with van der Waals surface area (Å²) in [5.74, 6) is 1.38. The second-order valence-corrected chi connectivity index (χ2v) is 5.66. The number of benzene rings is 1. The predicted octanol–water partition coefficient (Wildman–Crippen LogP) is 3.58. The van der Waals surface area contributed by atoms with Crippen LogP contribution < -0.4 is 5.32 Å². The number of nitrogens with one attached hydrogen (secondary N) is 1. The molecule has 0 spiro atoms. The summed E-state index contributed by atoms with van der Waals surface area (Å²) in [6.07, 6.45) is 3.37. The van der Waals surface area contributed by atoms with E-state index in [0.29, 0.717) is 37.0 Å². The van der Waals surface area contributed by atoms with Crippen molar-refractivity contribution in [2.24, 2.45) is 5.92 Å². The Bertz CT molecular complexity index is 605. The molecule has 1 heterocycles. The predicted molar refractivity (Wildman–Crippen MR) is 82.7 cm³/mol. The molecule has 1 N–H and O–H groups in total. The van der Waals surface area contributed by atoms with Gasteiger partial charge < -0.3 is 9.73 Å². The van der Waals surface area contributed by atoms with Crippen LogP contribution in [0.1, 0.15) is 32.6 Å². The molecule has 0 bridgehead atoms. The van der Waals surface area contributed by atoms with Crippen LogP contribution in [0, 0.1) is 11.7 Å². The molecule has 0 aliphatic heterocycles. The number of rotatable bonds is 7. The molecule has 22 heavy (non-hydrogen) atoms. The number of aromatic nitrogens is 1. The quantitative estimate of drug-likeness (QED) is 0.850. The van der Waals surface area contributed by atoms with Crippen LogP contribution in [-0.4, -0.2) is 17.4 Å². The SMILES string of the molecule is CC(C)CCNC(=O)CCc1ncc(-c2ccc(F)cc2)o1. The van der Waals surface area contributed by atoms with E-state index in [1.165, 1.54) is 12.1 Å². The fourth-order valence-electron chi connectivity index (χ4n) is 1.98. The Labute approximate surface area is 129 Å². The summed E-state index contributed by atoms with van der Waals surface area (Å²) in [6, 6.07) is 6.02. The van der Waals surface area contributed by atoms with Gasteiger partial charge in [-0.15, -0.1) is 0 Å². The lowest BCUT2D eigenvalue weighted by atomic mass is 10.1. The fourth-order valence-corrected chi connectivity index (χ4v) is 1.98. The van der Waals surface area contributed by atoms with Gasteiger partial charge in [0.1, 0.15) is 5.82 Å². The van der Waals surface area contributed by atoms with Crippen molar-refractivity contribution in [3.63, 3.8) is 0 Å². The molecule has 0 fully saturated rings. The molecule has 0 unspecified atom stereocenters. The fraction of sp³-hybridized carbons (Fsp3) is 0.412. The van der Waals surface area contributed by atoms with E-state index in [-0.39, 0.29) is 11.7 Å². The second kappa shape index (κ2) is 7.73. The first-order chi connectivity index (χ1) is 10.5. The Morgan fingerprint density at radius 3 is 2.73 bits per heavy atom. The lowest BCUT2D eigenvalue weighted by molar-refractivity contribution is -0.121. The second-order valence-electron chi connectivity index (χ2n) is 5.66. The molecule has 1 aromatic heterocycles. The van der Waals surface area contributed by atoms with Gasteiger partial charge in [0.15, 0.2) is 11.7 Å². The summed E-state index contributed by atoms with van der Waals surface area (Å²) in [4.78, 5) is 15.8. The highest BCUT2D eigenvalue weighted by atomic mass is 19.1. The Balaban J connectivity index is 1.82. The maximum Gasteiger partial charge on any atom is 0.220 e. The molecule has 2 rings (SSSR count). The molecule has 1 aromatic carbocycles. The molecule has 0 saturated carbocycles. The van der Waals surface area contributed by atoms with Crippen molar-refractivity contribution in [1.29, 1.82) is 0 Å². The van der Waals surface area contributed by atoms with Crippen LogP contribution in [0.25, 0.3) is 11.3 Å². The van der Waals surface area contributed by atoms with E-state index in [9.17, 15) is 9.18 Å². The number of carbonyl (C=O) groups excluding carboxylic acids is 1. The summed E-state index contributed by atoms with van der Waals surface area (Å²) in [5, 5.41) is 2.88. The molecule has 0 aliphatic rings. The minimum absolute atomic E-state index is 0.00202. The molecule has 0 atom stereocenters. The van der Waals surface area contributed by atoms with Crippen molar-refractivity contribution < 1.29 is 13.6 Å². The maximum absolute atomic E-state index is 12.9. The number of halogens is 1. The number of hydrogen-bond donors (Lipinski definition) is 1.